The molecule has 2 heterocycles. The molecule has 0 spiro atoms. The number of benzene rings is 1. The fourth-order valence-corrected chi connectivity index (χ4v) is 2.87. The van der Waals surface area contributed by atoms with E-state index in [9.17, 15) is 0 Å². The van der Waals surface area contributed by atoms with E-state index in [0.29, 0.717) is 6.54 Å². The van der Waals surface area contributed by atoms with Crippen LogP contribution < -0.4 is 10.2 Å². The van der Waals surface area contributed by atoms with Crippen molar-refractivity contribution in [3.8, 4) is 0 Å². The topological polar surface area (TPSA) is 48.7 Å². The van der Waals surface area contributed by atoms with E-state index in [-0.39, 0.29) is 24.0 Å². The number of nitrogens with one attached hydrogen (secondary N) is 1. The zero-order chi connectivity index (χ0) is 16.1. The third-order valence-electron chi connectivity index (χ3n) is 4.24. The van der Waals surface area contributed by atoms with Crippen molar-refractivity contribution in [3.63, 3.8) is 0 Å². The number of anilines is 1. The van der Waals surface area contributed by atoms with Gasteiger partial charge in [0, 0.05) is 58.4 Å². The van der Waals surface area contributed by atoms with Gasteiger partial charge in [-0.2, -0.15) is 0 Å². The van der Waals surface area contributed by atoms with Gasteiger partial charge >= 0.3 is 0 Å². The van der Waals surface area contributed by atoms with Crippen LogP contribution in [0.3, 0.4) is 0 Å². The molecular weight excluding hydrogens is 415 g/mol. The second-order valence-corrected chi connectivity index (χ2v) is 5.66. The van der Waals surface area contributed by atoms with E-state index < -0.39 is 0 Å². The Bertz CT molecular complexity index is 646. The molecule has 1 aliphatic rings. The van der Waals surface area contributed by atoms with E-state index in [1.807, 2.05) is 31.1 Å². The van der Waals surface area contributed by atoms with Crippen LogP contribution in [0.4, 0.5) is 5.69 Å². The maximum Gasteiger partial charge on any atom is 0.194 e. The molecule has 0 radical (unpaired) electrons. The molecule has 130 valence electrons. The SMILES string of the molecule is CN=C(NCc1nccn1C)N1CCN(c2ccccc2)CC1.I. The Morgan fingerprint density at radius 2 is 1.88 bits per heavy atom. The highest BCUT2D eigenvalue weighted by atomic mass is 127. The van der Waals surface area contributed by atoms with Crippen LogP contribution >= 0.6 is 24.0 Å². The normalized spacial score (nSPS) is 15.2. The molecule has 1 N–H and O–H groups in total. The Kier molecular flexibility index (Phi) is 6.89. The summed E-state index contributed by atoms with van der Waals surface area (Å²) in [6.07, 6.45) is 3.77. The van der Waals surface area contributed by atoms with Gasteiger partial charge < -0.3 is 19.7 Å². The number of piperazine rings is 1. The third kappa shape index (κ3) is 4.40. The van der Waals surface area contributed by atoms with Gasteiger partial charge in [-0.3, -0.25) is 4.99 Å². The van der Waals surface area contributed by atoms with Crippen LogP contribution in [0.1, 0.15) is 5.82 Å². The average molecular weight is 440 g/mol. The number of aryl methyl sites for hydroxylation is 1. The van der Waals surface area contributed by atoms with Crippen LogP contribution in [0.2, 0.25) is 0 Å². The third-order valence-corrected chi connectivity index (χ3v) is 4.24. The standard InChI is InChI=1S/C17H24N6.HI/c1-18-17(20-14-16-19-8-9-21(16)2)23-12-10-22(11-13-23)15-6-4-3-5-7-15;/h3-9H,10-14H2,1-2H3,(H,18,20);1H. The van der Waals surface area contributed by atoms with Crippen LogP contribution in [-0.4, -0.2) is 53.6 Å². The minimum atomic E-state index is 0. The van der Waals surface area contributed by atoms with Gasteiger partial charge in [0.05, 0.1) is 6.54 Å². The van der Waals surface area contributed by atoms with Gasteiger partial charge in [0.15, 0.2) is 5.96 Å². The largest absolute Gasteiger partial charge is 0.368 e. The molecule has 0 atom stereocenters. The van der Waals surface area contributed by atoms with Crippen molar-refractivity contribution in [1.82, 2.24) is 19.8 Å². The van der Waals surface area contributed by atoms with E-state index >= 15 is 0 Å². The molecule has 1 aromatic heterocycles. The molecule has 3 rings (SSSR count). The fraction of sp³-hybridized carbons (Fsp3) is 0.412. The average Bonchev–Trinajstić information content (AvgIpc) is 3.02. The van der Waals surface area contributed by atoms with Crippen molar-refractivity contribution < 1.29 is 0 Å². The lowest BCUT2D eigenvalue weighted by molar-refractivity contribution is 0.372. The van der Waals surface area contributed by atoms with Gasteiger partial charge in [0.2, 0.25) is 0 Å². The van der Waals surface area contributed by atoms with Crippen molar-refractivity contribution in [2.75, 3.05) is 38.1 Å². The first-order chi connectivity index (χ1) is 11.3. The van der Waals surface area contributed by atoms with Crippen molar-refractivity contribution >= 4 is 35.6 Å². The molecule has 1 saturated heterocycles. The molecule has 0 amide bonds. The number of aliphatic imine (C=N–C) groups is 1. The molecule has 0 unspecified atom stereocenters. The van der Waals surface area contributed by atoms with Gasteiger partial charge in [0.25, 0.3) is 0 Å². The minimum absolute atomic E-state index is 0. The molecule has 24 heavy (non-hydrogen) atoms. The Hall–Kier alpha value is -1.77. The van der Waals surface area contributed by atoms with Crippen LogP contribution in [0.15, 0.2) is 47.7 Å². The number of hydrogen-bond acceptors (Lipinski definition) is 3. The smallest absolute Gasteiger partial charge is 0.194 e. The number of hydrogen-bond donors (Lipinski definition) is 1. The molecule has 1 fully saturated rings. The quantitative estimate of drug-likeness (QED) is 0.451. The number of guanidine groups is 1. The second-order valence-electron chi connectivity index (χ2n) is 5.66. The number of rotatable bonds is 3. The summed E-state index contributed by atoms with van der Waals surface area (Å²) in [6.45, 7) is 4.64. The Balaban J connectivity index is 0.00000208. The lowest BCUT2D eigenvalue weighted by Crippen LogP contribution is -2.52. The van der Waals surface area contributed by atoms with Crippen molar-refractivity contribution in [1.29, 1.82) is 0 Å². The maximum absolute atomic E-state index is 4.41. The minimum Gasteiger partial charge on any atom is -0.368 e. The number of imidazole rings is 1. The lowest BCUT2D eigenvalue weighted by atomic mass is 10.2. The highest BCUT2D eigenvalue weighted by Gasteiger charge is 2.19. The monoisotopic (exact) mass is 440 g/mol. The molecule has 1 aromatic carbocycles. The maximum atomic E-state index is 4.41. The summed E-state index contributed by atoms with van der Waals surface area (Å²) >= 11 is 0. The van der Waals surface area contributed by atoms with Gasteiger partial charge in [-0.05, 0) is 12.1 Å². The summed E-state index contributed by atoms with van der Waals surface area (Å²) in [6, 6.07) is 10.6. The summed E-state index contributed by atoms with van der Waals surface area (Å²) in [5.74, 6) is 1.95. The fourth-order valence-electron chi connectivity index (χ4n) is 2.87. The molecular formula is C17H25IN6. The van der Waals surface area contributed by atoms with E-state index in [1.54, 1.807) is 0 Å². The van der Waals surface area contributed by atoms with E-state index in [2.05, 4.69) is 55.4 Å². The second kappa shape index (κ2) is 8.91. The molecule has 2 aromatic rings. The lowest BCUT2D eigenvalue weighted by Gasteiger charge is -2.37. The molecule has 1 aliphatic heterocycles. The highest BCUT2D eigenvalue weighted by molar-refractivity contribution is 14.0. The Labute approximate surface area is 160 Å². The van der Waals surface area contributed by atoms with Crippen LogP contribution in [0.5, 0.6) is 0 Å². The highest BCUT2D eigenvalue weighted by Crippen LogP contribution is 2.15. The van der Waals surface area contributed by atoms with Crippen molar-refractivity contribution in [2.24, 2.45) is 12.0 Å². The zero-order valence-electron chi connectivity index (χ0n) is 14.2. The summed E-state index contributed by atoms with van der Waals surface area (Å²) < 4.78 is 2.02. The number of nitrogens with zero attached hydrogens (tertiary/aromatic N) is 5. The van der Waals surface area contributed by atoms with E-state index in [1.165, 1.54) is 5.69 Å². The summed E-state index contributed by atoms with van der Waals surface area (Å²) in [4.78, 5) is 13.5. The zero-order valence-corrected chi connectivity index (χ0v) is 16.6. The predicted octanol–water partition coefficient (Wildman–Crippen LogP) is 1.94. The first-order valence-electron chi connectivity index (χ1n) is 7.99. The molecule has 6 nitrogen and oxygen atoms in total. The molecule has 0 saturated carbocycles. The van der Waals surface area contributed by atoms with Gasteiger partial charge in [-0.15, -0.1) is 24.0 Å². The molecule has 7 heteroatoms. The molecule has 0 bridgehead atoms. The van der Waals surface area contributed by atoms with Gasteiger partial charge in [-0.25, -0.2) is 4.98 Å². The first-order valence-corrected chi connectivity index (χ1v) is 7.99. The van der Waals surface area contributed by atoms with Crippen LogP contribution in [0.25, 0.3) is 0 Å². The van der Waals surface area contributed by atoms with Crippen molar-refractivity contribution in [3.05, 3.63) is 48.5 Å². The van der Waals surface area contributed by atoms with Crippen LogP contribution in [0, 0.1) is 0 Å². The summed E-state index contributed by atoms with van der Waals surface area (Å²) in [5, 5.41) is 3.41. The molecule has 0 aliphatic carbocycles. The van der Waals surface area contributed by atoms with Gasteiger partial charge in [0.1, 0.15) is 5.82 Å². The predicted molar refractivity (Wildman–Crippen MR) is 109 cm³/mol. The van der Waals surface area contributed by atoms with E-state index in [4.69, 9.17) is 0 Å². The van der Waals surface area contributed by atoms with Crippen LogP contribution in [-0.2, 0) is 13.6 Å². The number of para-hydroxylation sites is 1. The Morgan fingerprint density at radius 1 is 1.17 bits per heavy atom. The summed E-state index contributed by atoms with van der Waals surface area (Å²) in [7, 11) is 3.84. The van der Waals surface area contributed by atoms with E-state index in [0.717, 1.165) is 38.0 Å². The number of halogens is 1. The van der Waals surface area contributed by atoms with Crippen molar-refractivity contribution in [2.45, 2.75) is 6.54 Å². The summed E-state index contributed by atoms with van der Waals surface area (Å²) in [5.41, 5.74) is 1.29. The van der Waals surface area contributed by atoms with Gasteiger partial charge in [-0.1, -0.05) is 18.2 Å². The number of aromatic nitrogens is 2. The first kappa shape index (κ1) is 18.6. The Morgan fingerprint density at radius 3 is 2.46 bits per heavy atom.